The average molecular weight is 367 g/mol. The molecule has 138 valence electrons. The van der Waals surface area contributed by atoms with Gasteiger partial charge >= 0.3 is 0 Å². The summed E-state index contributed by atoms with van der Waals surface area (Å²) in [6.45, 7) is 4.04. The number of rotatable bonds is 4. The molecular weight excluding hydrogens is 346 g/mol. The van der Waals surface area contributed by atoms with Gasteiger partial charge in [-0.1, -0.05) is 65.7 Å². The molecule has 0 fully saturated rings. The Labute approximate surface area is 164 Å². The van der Waals surface area contributed by atoms with E-state index in [0.717, 1.165) is 22.2 Å². The van der Waals surface area contributed by atoms with Crippen LogP contribution >= 0.6 is 0 Å². The third-order valence-electron chi connectivity index (χ3n) is 4.91. The zero-order valence-corrected chi connectivity index (χ0v) is 16.2. The van der Waals surface area contributed by atoms with Crippen LogP contribution in [0.5, 0.6) is 0 Å². The van der Waals surface area contributed by atoms with Gasteiger partial charge in [-0.2, -0.15) is 5.11 Å². The van der Waals surface area contributed by atoms with E-state index in [1.165, 1.54) is 5.56 Å². The Bertz CT molecular complexity index is 1180. The summed E-state index contributed by atoms with van der Waals surface area (Å²) in [6.07, 6.45) is 0. The zero-order chi connectivity index (χ0) is 19.7. The third kappa shape index (κ3) is 3.25. The van der Waals surface area contributed by atoms with Gasteiger partial charge in [-0.15, -0.1) is 5.11 Å². The number of fused-ring (bicyclic) bond motifs is 1. The summed E-state index contributed by atoms with van der Waals surface area (Å²) in [5.41, 5.74) is 5.78. The van der Waals surface area contributed by atoms with Crippen molar-refractivity contribution < 1.29 is 4.79 Å². The largest absolute Gasteiger partial charge is 0.339 e. The van der Waals surface area contributed by atoms with Gasteiger partial charge in [-0.05, 0) is 32.0 Å². The van der Waals surface area contributed by atoms with E-state index in [0.29, 0.717) is 16.9 Å². The highest BCUT2D eigenvalue weighted by atomic mass is 16.1. The topological polar surface area (TPSA) is 46.7 Å². The smallest absolute Gasteiger partial charge is 0.211 e. The Morgan fingerprint density at radius 1 is 0.786 bits per heavy atom. The first-order chi connectivity index (χ1) is 13.5. The van der Waals surface area contributed by atoms with Gasteiger partial charge in [0.25, 0.3) is 0 Å². The normalized spacial score (nSPS) is 11.4. The van der Waals surface area contributed by atoms with Crippen molar-refractivity contribution in [3.63, 3.8) is 0 Å². The highest BCUT2D eigenvalue weighted by Gasteiger charge is 2.22. The first-order valence-corrected chi connectivity index (χ1v) is 9.22. The Morgan fingerprint density at radius 3 is 2.07 bits per heavy atom. The molecule has 4 rings (SSSR count). The number of benzene rings is 3. The second kappa shape index (κ2) is 7.24. The Morgan fingerprint density at radius 2 is 1.39 bits per heavy atom. The molecule has 4 nitrogen and oxygen atoms in total. The van der Waals surface area contributed by atoms with Crippen LogP contribution in [0.25, 0.3) is 10.9 Å². The van der Waals surface area contributed by atoms with Crippen molar-refractivity contribution in [1.29, 1.82) is 0 Å². The molecule has 1 heterocycles. The number of ketones is 1. The van der Waals surface area contributed by atoms with Gasteiger partial charge in [-0.25, -0.2) is 0 Å². The number of aromatic nitrogens is 1. The fraction of sp³-hybridized carbons (Fsp3) is 0.125. The first-order valence-electron chi connectivity index (χ1n) is 9.22. The van der Waals surface area contributed by atoms with Crippen LogP contribution in [0.3, 0.4) is 0 Å². The van der Waals surface area contributed by atoms with E-state index in [4.69, 9.17) is 0 Å². The standard InChI is InChI=1S/C24H21N3O/c1-16-8-12-18(13-9-16)24(28)23-22(20-6-4-5-7-21(20)27(23)3)26-25-19-14-10-17(2)11-15-19/h4-15H,1-3H3/b26-25+. The van der Waals surface area contributed by atoms with Crippen LogP contribution in [0.2, 0.25) is 0 Å². The number of azo groups is 1. The lowest BCUT2D eigenvalue weighted by Crippen LogP contribution is -2.07. The van der Waals surface area contributed by atoms with Crippen LogP contribution in [0, 0.1) is 13.8 Å². The highest BCUT2D eigenvalue weighted by Crippen LogP contribution is 2.35. The first kappa shape index (κ1) is 17.9. The second-order valence-corrected chi connectivity index (χ2v) is 7.00. The fourth-order valence-electron chi connectivity index (χ4n) is 3.30. The fourth-order valence-corrected chi connectivity index (χ4v) is 3.30. The highest BCUT2D eigenvalue weighted by molar-refractivity contribution is 6.16. The van der Waals surface area contributed by atoms with Crippen LogP contribution in [-0.4, -0.2) is 10.4 Å². The van der Waals surface area contributed by atoms with Crippen molar-refractivity contribution in [1.82, 2.24) is 4.57 Å². The number of aryl methyl sites for hydroxylation is 3. The van der Waals surface area contributed by atoms with Crippen molar-refractivity contribution in [3.8, 4) is 0 Å². The molecule has 1 aromatic heterocycles. The molecule has 0 spiro atoms. The number of carbonyl (C=O) groups is 1. The lowest BCUT2D eigenvalue weighted by molar-refractivity contribution is 0.103. The summed E-state index contributed by atoms with van der Waals surface area (Å²) in [6, 6.07) is 23.3. The molecule has 0 aliphatic carbocycles. The monoisotopic (exact) mass is 367 g/mol. The number of hydrogen-bond acceptors (Lipinski definition) is 3. The Hall–Kier alpha value is -3.53. The lowest BCUT2D eigenvalue weighted by Gasteiger charge is -2.05. The molecule has 4 aromatic rings. The van der Waals surface area contributed by atoms with Crippen molar-refractivity contribution in [2.24, 2.45) is 17.3 Å². The van der Waals surface area contributed by atoms with Gasteiger partial charge in [-0.3, -0.25) is 4.79 Å². The maximum absolute atomic E-state index is 13.3. The molecule has 0 N–H and O–H groups in total. The predicted octanol–water partition coefficient (Wildman–Crippen LogP) is 6.44. The summed E-state index contributed by atoms with van der Waals surface area (Å²) in [5, 5.41) is 9.81. The third-order valence-corrected chi connectivity index (χ3v) is 4.91. The molecular formula is C24H21N3O. The van der Waals surface area contributed by atoms with Crippen molar-refractivity contribution in [2.45, 2.75) is 13.8 Å². The van der Waals surface area contributed by atoms with Gasteiger partial charge in [0, 0.05) is 18.0 Å². The molecule has 0 radical (unpaired) electrons. The molecule has 0 aliphatic heterocycles. The minimum absolute atomic E-state index is 0.0587. The van der Waals surface area contributed by atoms with Crippen LogP contribution in [0.15, 0.2) is 83.0 Å². The van der Waals surface area contributed by atoms with Gasteiger partial charge in [0.15, 0.2) is 0 Å². The van der Waals surface area contributed by atoms with Gasteiger partial charge in [0.2, 0.25) is 5.78 Å². The molecule has 3 aromatic carbocycles. The molecule has 0 aliphatic rings. The number of hydrogen-bond donors (Lipinski definition) is 0. The summed E-state index contributed by atoms with van der Waals surface area (Å²) in [7, 11) is 1.90. The zero-order valence-electron chi connectivity index (χ0n) is 16.2. The lowest BCUT2D eigenvalue weighted by atomic mass is 10.1. The van der Waals surface area contributed by atoms with Crippen LogP contribution < -0.4 is 0 Å². The molecule has 0 saturated carbocycles. The molecule has 0 amide bonds. The second-order valence-electron chi connectivity index (χ2n) is 7.00. The Balaban J connectivity index is 1.86. The molecule has 0 atom stereocenters. The predicted molar refractivity (Wildman–Crippen MR) is 113 cm³/mol. The minimum Gasteiger partial charge on any atom is -0.339 e. The van der Waals surface area contributed by atoms with E-state index in [2.05, 4.69) is 10.2 Å². The molecule has 28 heavy (non-hydrogen) atoms. The van der Waals surface area contributed by atoms with E-state index in [-0.39, 0.29) is 5.78 Å². The number of nitrogens with zero attached hydrogens (tertiary/aromatic N) is 3. The van der Waals surface area contributed by atoms with E-state index in [1.54, 1.807) is 0 Å². The van der Waals surface area contributed by atoms with Crippen LogP contribution in [0.1, 0.15) is 27.2 Å². The minimum atomic E-state index is -0.0587. The van der Waals surface area contributed by atoms with Crippen molar-refractivity contribution in [3.05, 3.63) is 95.2 Å². The average Bonchev–Trinajstić information content (AvgIpc) is 3.00. The van der Waals surface area contributed by atoms with Crippen molar-refractivity contribution >= 4 is 28.1 Å². The van der Waals surface area contributed by atoms with Crippen molar-refractivity contribution in [2.75, 3.05) is 0 Å². The summed E-state index contributed by atoms with van der Waals surface area (Å²) in [4.78, 5) is 13.3. The molecule has 4 heteroatoms. The SMILES string of the molecule is Cc1ccc(/N=N/c2c(C(=O)c3ccc(C)cc3)n(C)c3ccccc23)cc1. The summed E-state index contributed by atoms with van der Waals surface area (Å²) in [5.74, 6) is -0.0587. The maximum Gasteiger partial charge on any atom is 0.211 e. The molecule has 0 unspecified atom stereocenters. The van der Waals surface area contributed by atoms with Crippen LogP contribution in [-0.2, 0) is 7.05 Å². The maximum atomic E-state index is 13.3. The number of carbonyl (C=O) groups excluding carboxylic acids is 1. The van der Waals surface area contributed by atoms with Gasteiger partial charge < -0.3 is 4.57 Å². The van der Waals surface area contributed by atoms with Gasteiger partial charge in [0.1, 0.15) is 11.4 Å². The summed E-state index contributed by atoms with van der Waals surface area (Å²) < 4.78 is 1.90. The van der Waals surface area contributed by atoms with Crippen LogP contribution in [0.4, 0.5) is 11.4 Å². The van der Waals surface area contributed by atoms with Gasteiger partial charge in [0.05, 0.1) is 11.2 Å². The van der Waals surface area contributed by atoms with E-state index >= 15 is 0 Å². The Kier molecular flexibility index (Phi) is 4.62. The quantitative estimate of drug-likeness (QED) is 0.302. The molecule has 0 bridgehead atoms. The van der Waals surface area contributed by atoms with E-state index in [1.807, 2.05) is 98.3 Å². The number of para-hydroxylation sites is 1. The summed E-state index contributed by atoms with van der Waals surface area (Å²) >= 11 is 0. The van der Waals surface area contributed by atoms with E-state index in [9.17, 15) is 4.79 Å². The van der Waals surface area contributed by atoms with E-state index < -0.39 is 0 Å². The molecule has 0 saturated heterocycles.